The normalized spacial score (nSPS) is 25.2. The lowest BCUT2D eigenvalue weighted by Crippen LogP contribution is -2.45. The summed E-state index contributed by atoms with van der Waals surface area (Å²) < 4.78 is 0. The molecule has 2 aliphatic rings. The molecule has 0 saturated carbocycles. The van der Waals surface area contributed by atoms with Gasteiger partial charge in [-0.1, -0.05) is 13.8 Å². The molecule has 1 unspecified atom stereocenters. The van der Waals surface area contributed by atoms with E-state index in [-0.39, 0.29) is 23.1 Å². The lowest BCUT2D eigenvalue weighted by atomic mass is 9.85. The molecule has 3 rings (SSSR count). The van der Waals surface area contributed by atoms with Gasteiger partial charge in [0.15, 0.2) is 0 Å². The third-order valence-electron chi connectivity index (χ3n) is 5.28. The van der Waals surface area contributed by atoms with Crippen molar-refractivity contribution in [2.24, 2.45) is 11.3 Å². The highest BCUT2D eigenvalue weighted by atomic mass is 32.1. The highest BCUT2D eigenvalue weighted by Crippen LogP contribution is 2.35. The van der Waals surface area contributed by atoms with Gasteiger partial charge in [-0.3, -0.25) is 14.5 Å². The van der Waals surface area contributed by atoms with Crippen LogP contribution in [0.4, 0.5) is 0 Å². The first-order valence-corrected chi connectivity index (χ1v) is 9.90. The molecule has 25 heavy (non-hydrogen) atoms. The summed E-state index contributed by atoms with van der Waals surface area (Å²) in [5.41, 5.74) is -0.140. The molecule has 1 spiro atoms. The van der Waals surface area contributed by atoms with Crippen LogP contribution in [-0.2, 0) is 16.1 Å². The minimum absolute atomic E-state index is 0.00150. The number of carbonyl (C=O) groups excluding carboxylic acids is 2. The van der Waals surface area contributed by atoms with Crippen LogP contribution in [0.15, 0.2) is 12.1 Å². The predicted octanol–water partition coefficient (Wildman–Crippen LogP) is 2.21. The van der Waals surface area contributed by atoms with E-state index >= 15 is 0 Å². The summed E-state index contributed by atoms with van der Waals surface area (Å²) in [6.45, 7) is 10.9. The second-order valence-electron chi connectivity index (χ2n) is 8.06. The number of carbonyl (C=O) groups is 2. The van der Waals surface area contributed by atoms with Crippen molar-refractivity contribution in [1.82, 2.24) is 14.7 Å². The Labute approximate surface area is 154 Å². The van der Waals surface area contributed by atoms with Crippen molar-refractivity contribution in [2.75, 3.05) is 39.8 Å². The molecule has 5 nitrogen and oxygen atoms in total. The van der Waals surface area contributed by atoms with Gasteiger partial charge in [0.2, 0.25) is 11.8 Å². The molecule has 2 aliphatic heterocycles. The Bertz CT molecular complexity index is 657. The third kappa shape index (κ3) is 4.06. The van der Waals surface area contributed by atoms with E-state index < -0.39 is 0 Å². The number of hydrogen-bond acceptors (Lipinski definition) is 4. The van der Waals surface area contributed by atoms with Gasteiger partial charge in [0, 0.05) is 73.8 Å². The summed E-state index contributed by atoms with van der Waals surface area (Å²) in [5.74, 6) is 0.402. The Morgan fingerprint density at radius 1 is 1.24 bits per heavy atom. The average molecular weight is 364 g/mol. The molecule has 6 heteroatoms. The Hall–Kier alpha value is -1.40. The molecule has 2 saturated heterocycles. The Morgan fingerprint density at radius 3 is 2.56 bits per heavy atom. The Kier molecular flexibility index (Phi) is 5.21. The number of hydrogen-bond donors (Lipinski definition) is 0. The van der Waals surface area contributed by atoms with Crippen molar-refractivity contribution in [3.8, 4) is 0 Å². The molecule has 0 radical (unpaired) electrons. The number of nitrogens with zero attached hydrogens (tertiary/aromatic N) is 3. The second kappa shape index (κ2) is 7.08. The number of aryl methyl sites for hydroxylation is 1. The standard InChI is InChI=1S/C19H29N3O2S/c1-14(2)18(24)22-8-7-21(10-16-6-5-15(3)25-16)12-19(13-22)9-17(23)20(4)11-19/h5-6,14H,7-13H2,1-4H3. The van der Waals surface area contributed by atoms with Crippen molar-refractivity contribution >= 4 is 23.2 Å². The molecule has 0 N–H and O–H groups in total. The van der Waals surface area contributed by atoms with Crippen LogP contribution in [0.3, 0.4) is 0 Å². The van der Waals surface area contributed by atoms with Crippen LogP contribution in [0.2, 0.25) is 0 Å². The quantitative estimate of drug-likeness (QED) is 0.827. The lowest BCUT2D eigenvalue weighted by Gasteiger charge is -2.33. The van der Waals surface area contributed by atoms with E-state index in [0.717, 1.165) is 32.7 Å². The molecule has 0 aromatic carbocycles. The van der Waals surface area contributed by atoms with Crippen molar-refractivity contribution in [3.63, 3.8) is 0 Å². The first-order chi connectivity index (χ1) is 11.8. The molecular weight excluding hydrogens is 334 g/mol. The van der Waals surface area contributed by atoms with Crippen LogP contribution < -0.4 is 0 Å². The van der Waals surface area contributed by atoms with Gasteiger partial charge in [-0.25, -0.2) is 0 Å². The van der Waals surface area contributed by atoms with Crippen LogP contribution in [0.25, 0.3) is 0 Å². The highest BCUT2D eigenvalue weighted by Gasteiger charge is 2.46. The summed E-state index contributed by atoms with van der Waals surface area (Å²) in [6, 6.07) is 4.36. The van der Waals surface area contributed by atoms with Crippen molar-refractivity contribution in [3.05, 3.63) is 21.9 Å². The molecule has 0 bridgehead atoms. The molecule has 2 fully saturated rings. The summed E-state index contributed by atoms with van der Waals surface area (Å²) in [5, 5.41) is 0. The maximum Gasteiger partial charge on any atom is 0.225 e. The second-order valence-corrected chi connectivity index (χ2v) is 9.44. The van der Waals surface area contributed by atoms with Gasteiger partial charge in [0.1, 0.15) is 0 Å². The molecule has 1 atom stereocenters. The zero-order valence-corrected chi connectivity index (χ0v) is 16.6. The predicted molar refractivity (Wildman–Crippen MR) is 100 cm³/mol. The third-order valence-corrected chi connectivity index (χ3v) is 6.26. The average Bonchev–Trinajstić information content (AvgIpc) is 2.99. The smallest absolute Gasteiger partial charge is 0.225 e. The molecular formula is C19H29N3O2S. The number of rotatable bonds is 3. The topological polar surface area (TPSA) is 43.9 Å². The van der Waals surface area contributed by atoms with Gasteiger partial charge >= 0.3 is 0 Å². The summed E-state index contributed by atoms with van der Waals surface area (Å²) in [4.78, 5) is 33.8. The maximum atomic E-state index is 12.6. The summed E-state index contributed by atoms with van der Waals surface area (Å²) >= 11 is 1.83. The van der Waals surface area contributed by atoms with E-state index in [9.17, 15) is 9.59 Å². The summed E-state index contributed by atoms with van der Waals surface area (Å²) in [7, 11) is 1.88. The molecule has 1 aromatic rings. The fourth-order valence-corrected chi connectivity index (χ4v) is 5.08. The SMILES string of the molecule is Cc1ccc(CN2CCN(C(=O)C(C)C)CC3(CC(=O)N(C)C3)C2)s1. The fourth-order valence-electron chi connectivity index (χ4n) is 4.14. The van der Waals surface area contributed by atoms with Gasteiger partial charge in [-0.2, -0.15) is 0 Å². The van der Waals surface area contributed by atoms with Crippen LogP contribution in [0, 0.1) is 18.3 Å². The van der Waals surface area contributed by atoms with Crippen LogP contribution in [0.5, 0.6) is 0 Å². The molecule has 138 valence electrons. The first-order valence-electron chi connectivity index (χ1n) is 9.08. The fraction of sp³-hybridized carbons (Fsp3) is 0.684. The molecule has 1 aromatic heterocycles. The highest BCUT2D eigenvalue weighted by molar-refractivity contribution is 7.11. The molecule has 3 heterocycles. The van der Waals surface area contributed by atoms with Gasteiger partial charge in [0.25, 0.3) is 0 Å². The van der Waals surface area contributed by atoms with Gasteiger partial charge < -0.3 is 9.80 Å². The van der Waals surface area contributed by atoms with Crippen molar-refractivity contribution in [2.45, 2.75) is 33.7 Å². The largest absolute Gasteiger partial charge is 0.345 e. The Morgan fingerprint density at radius 2 is 2.00 bits per heavy atom. The molecule has 0 aliphatic carbocycles. The van der Waals surface area contributed by atoms with Crippen molar-refractivity contribution < 1.29 is 9.59 Å². The minimum atomic E-state index is -0.140. The first kappa shape index (κ1) is 18.4. The van der Waals surface area contributed by atoms with Crippen LogP contribution >= 0.6 is 11.3 Å². The van der Waals surface area contributed by atoms with E-state index in [1.807, 2.05) is 42.0 Å². The van der Waals surface area contributed by atoms with E-state index in [1.54, 1.807) is 0 Å². The van der Waals surface area contributed by atoms with Crippen LogP contribution in [0.1, 0.15) is 30.0 Å². The van der Waals surface area contributed by atoms with Crippen LogP contribution in [-0.4, -0.2) is 66.3 Å². The zero-order valence-electron chi connectivity index (χ0n) is 15.7. The molecule has 2 amide bonds. The Balaban J connectivity index is 1.81. The zero-order chi connectivity index (χ0) is 18.2. The lowest BCUT2D eigenvalue weighted by molar-refractivity contribution is -0.135. The van der Waals surface area contributed by atoms with E-state index in [4.69, 9.17) is 0 Å². The number of likely N-dealkylation sites (tertiary alicyclic amines) is 1. The number of thiophene rings is 1. The van der Waals surface area contributed by atoms with E-state index in [0.29, 0.717) is 13.0 Å². The minimum Gasteiger partial charge on any atom is -0.345 e. The van der Waals surface area contributed by atoms with E-state index in [1.165, 1.54) is 9.75 Å². The number of amides is 2. The van der Waals surface area contributed by atoms with Gasteiger partial charge in [0.05, 0.1) is 0 Å². The monoisotopic (exact) mass is 363 g/mol. The van der Waals surface area contributed by atoms with Gasteiger partial charge in [-0.15, -0.1) is 11.3 Å². The maximum absolute atomic E-state index is 12.6. The summed E-state index contributed by atoms with van der Waals surface area (Å²) in [6.07, 6.45) is 0.547. The van der Waals surface area contributed by atoms with Gasteiger partial charge in [-0.05, 0) is 19.1 Å². The van der Waals surface area contributed by atoms with Crippen molar-refractivity contribution in [1.29, 1.82) is 0 Å². The van der Waals surface area contributed by atoms with E-state index in [2.05, 4.69) is 24.0 Å².